The van der Waals surface area contributed by atoms with Crippen LogP contribution in [0.4, 0.5) is 0 Å². The maximum atomic E-state index is 13.3. The molecule has 1 aliphatic rings. The van der Waals surface area contributed by atoms with Crippen molar-refractivity contribution in [2.75, 3.05) is 6.54 Å². The van der Waals surface area contributed by atoms with E-state index < -0.39 is 35.8 Å². The van der Waals surface area contributed by atoms with E-state index in [1.165, 1.54) is 0 Å². The van der Waals surface area contributed by atoms with Gasteiger partial charge in [-0.15, -0.1) is 0 Å². The fourth-order valence-corrected chi connectivity index (χ4v) is 4.52. The van der Waals surface area contributed by atoms with E-state index in [9.17, 15) is 24.0 Å². The van der Waals surface area contributed by atoms with Gasteiger partial charge in [0.05, 0.1) is 6.04 Å². The Bertz CT molecular complexity index is 1110. The number of hydrogen-bond donors (Lipinski definition) is 5. The van der Waals surface area contributed by atoms with Crippen LogP contribution in [0.15, 0.2) is 30.3 Å². The molecule has 37 heavy (non-hydrogen) atoms. The number of rotatable bonds is 12. The van der Waals surface area contributed by atoms with Crippen LogP contribution >= 0.6 is 0 Å². The zero-order valence-corrected chi connectivity index (χ0v) is 21.8. The number of aldehydes is 1. The molecule has 0 bridgehead atoms. The van der Waals surface area contributed by atoms with E-state index in [0.717, 1.165) is 10.9 Å². The molecule has 10 heteroatoms. The molecular formula is C27H37N5O5. The van der Waals surface area contributed by atoms with E-state index >= 15 is 0 Å². The second-order valence-corrected chi connectivity index (χ2v) is 10.4. The Morgan fingerprint density at radius 2 is 1.78 bits per heavy atom. The SMILES string of the molecule is CC(C)CC(NC(=O)C(NC(=O)c1cc2ccccc2[nH]1)C(C)C)C(=O)NC(C=O)CC1CCNC1=O. The summed E-state index contributed by atoms with van der Waals surface area (Å²) in [7, 11) is 0. The molecule has 4 amide bonds. The number of carbonyl (C=O) groups is 5. The van der Waals surface area contributed by atoms with Crippen molar-refractivity contribution in [3.8, 4) is 0 Å². The van der Waals surface area contributed by atoms with Gasteiger partial charge in [0.2, 0.25) is 17.7 Å². The predicted molar refractivity (Wildman–Crippen MR) is 140 cm³/mol. The predicted octanol–water partition coefficient (Wildman–Crippen LogP) is 1.66. The first-order chi connectivity index (χ1) is 17.6. The molecule has 1 aromatic heterocycles. The maximum absolute atomic E-state index is 13.3. The van der Waals surface area contributed by atoms with E-state index in [0.29, 0.717) is 31.4 Å². The molecular weight excluding hydrogens is 474 g/mol. The summed E-state index contributed by atoms with van der Waals surface area (Å²) in [5.74, 6) is -2.05. The van der Waals surface area contributed by atoms with Crippen molar-refractivity contribution in [3.63, 3.8) is 0 Å². The van der Waals surface area contributed by atoms with E-state index in [2.05, 4.69) is 26.3 Å². The molecule has 1 aromatic carbocycles. The number of nitrogens with one attached hydrogen (secondary N) is 5. The maximum Gasteiger partial charge on any atom is 0.268 e. The Labute approximate surface area is 216 Å². The number of amides is 4. The number of fused-ring (bicyclic) bond motifs is 1. The molecule has 10 nitrogen and oxygen atoms in total. The van der Waals surface area contributed by atoms with Gasteiger partial charge in [0.15, 0.2) is 0 Å². The zero-order chi connectivity index (χ0) is 27.1. The van der Waals surface area contributed by atoms with Crippen LogP contribution in [0, 0.1) is 17.8 Å². The van der Waals surface area contributed by atoms with Gasteiger partial charge in [0, 0.05) is 23.4 Å². The second kappa shape index (κ2) is 12.5. The zero-order valence-electron chi connectivity index (χ0n) is 21.8. The van der Waals surface area contributed by atoms with Crippen LogP contribution in [0.25, 0.3) is 10.9 Å². The molecule has 5 N–H and O–H groups in total. The first-order valence-corrected chi connectivity index (χ1v) is 12.8. The summed E-state index contributed by atoms with van der Waals surface area (Å²) in [5, 5.41) is 11.8. The Balaban J connectivity index is 1.67. The Kier molecular flexibility index (Phi) is 9.43. The van der Waals surface area contributed by atoms with Gasteiger partial charge in [-0.2, -0.15) is 0 Å². The van der Waals surface area contributed by atoms with Crippen molar-refractivity contribution in [1.29, 1.82) is 0 Å². The number of carbonyl (C=O) groups excluding carboxylic acids is 5. The molecule has 2 heterocycles. The highest BCUT2D eigenvalue weighted by Crippen LogP contribution is 2.17. The first kappa shape index (κ1) is 27.9. The molecule has 1 fully saturated rings. The van der Waals surface area contributed by atoms with Crippen molar-refractivity contribution >= 4 is 40.8 Å². The van der Waals surface area contributed by atoms with Gasteiger partial charge in [-0.3, -0.25) is 19.2 Å². The van der Waals surface area contributed by atoms with Crippen LogP contribution < -0.4 is 21.3 Å². The minimum absolute atomic E-state index is 0.0739. The summed E-state index contributed by atoms with van der Waals surface area (Å²) in [6.45, 7) is 8.01. The van der Waals surface area contributed by atoms with Gasteiger partial charge in [-0.1, -0.05) is 45.9 Å². The molecule has 0 spiro atoms. The lowest BCUT2D eigenvalue weighted by Gasteiger charge is -2.27. The van der Waals surface area contributed by atoms with Crippen LogP contribution in [0.3, 0.4) is 0 Å². The van der Waals surface area contributed by atoms with Crippen LogP contribution in [-0.2, 0) is 19.2 Å². The van der Waals surface area contributed by atoms with Crippen molar-refractivity contribution in [2.45, 2.75) is 65.1 Å². The van der Waals surface area contributed by atoms with Gasteiger partial charge in [0.25, 0.3) is 5.91 Å². The highest BCUT2D eigenvalue weighted by molar-refractivity contribution is 6.00. The van der Waals surface area contributed by atoms with Crippen molar-refractivity contribution in [3.05, 3.63) is 36.0 Å². The molecule has 3 rings (SSSR count). The molecule has 0 aliphatic carbocycles. The highest BCUT2D eigenvalue weighted by atomic mass is 16.2. The number of aromatic amines is 1. The molecule has 0 saturated carbocycles. The summed E-state index contributed by atoms with van der Waals surface area (Å²) in [6.07, 6.45) is 1.78. The molecule has 4 unspecified atom stereocenters. The molecule has 200 valence electrons. The van der Waals surface area contributed by atoms with Crippen molar-refractivity contribution in [2.24, 2.45) is 17.8 Å². The normalized spacial score (nSPS) is 17.8. The van der Waals surface area contributed by atoms with E-state index in [1.807, 2.05) is 52.0 Å². The van der Waals surface area contributed by atoms with Gasteiger partial charge in [-0.05, 0) is 43.2 Å². The fourth-order valence-electron chi connectivity index (χ4n) is 4.52. The van der Waals surface area contributed by atoms with Crippen molar-refractivity contribution in [1.82, 2.24) is 26.3 Å². The summed E-state index contributed by atoms with van der Waals surface area (Å²) in [6, 6.07) is 6.58. The molecule has 1 saturated heterocycles. The summed E-state index contributed by atoms with van der Waals surface area (Å²) in [5.41, 5.74) is 1.15. The monoisotopic (exact) mass is 511 g/mol. The third kappa shape index (κ3) is 7.41. The van der Waals surface area contributed by atoms with Crippen LogP contribution in [0.1, 0.15) is 57.4 Å². The Morgan fingerprint density at radius 3 is 2.38 bits per heavy atom. The summed E-state index contributed by atoms with van der Waals surface area (Å²) in [4.78, 5) is 65.9. The largest absolute Gasteiger partial charge is 0.356 e. The van der Waals surface area contributed by atoms with Gasteiger partial charge < -0.3 is 31.0 Å². The Morgan fingerprint density at radius 1 is 1.05 bits per heavy atom. The average molecular weight is 512 g/mol. The minimum atomic E-state index is -0.904. The molecule has 1 aliphatic heterocycles. The number of hydrogen-bond acceptors (Lipinski definition) is 5. The van der Waals surface area contributed by atoms with Crippen LogP contribution in [-0.4, -0.2) is 59.6 Å². The van der Waals surface area contributed by atoms with Gasteiger partial charge >= 0.3 is 0 Å². The van der Waals surface area contributed by atoms with Crippen LogP contribution in [0.2, 0.25) is 0 Å². The standard InChI is InChI=1S/C27H37N5O5/c1-15(2)11-21(25(35)29-19(14-33)12-18-9-10-28-24(18)34)31-27(37)23(16(3)4)32-26(36)22-13-17-7-5-6-8-20(17)30-22/h5-8,13-16,18-19,21,23,30H,9-12H2,1-4H3,(H,28,34)(H,29,35)(H,31,37)(H,32,36). The number of para-hydroxylation sites is 1. The lowest BCUT2D eigenvalue weighted by Crippen LogP contribution is -2.56. The van der Waals surface area contributed by atoms with E-state index in [4.69, 9.17) is 0 Å². The van der Waals surface area contributed by atoms with E-state index in [-0.39, 0.29) is 30.1 Å². The van der Waals surface area contributed by atoms with Gasteiger partial charge in [0.1, 0.15) is 24.1 Å². The smallest absolute Gasteiger partial charge is 0.268 e. The molecule has 4 atom stereocenters. The molecule has 0 radical (unpaired) electrons. The number of H-pyrrole nitrogens is 1. The first-order valence-electron chi connectivity index (χ1n) is 12.8. The Hall–Kier alpha value is -3.69. The summed E-state index contributed by atoms with van der Waals surface area (Å²) < 4.78 is 0. The summed E-state index contributed by atoms with van der Waals surface area (Å²) >= 11 is 0. The highest BCUT2D eigenvalue weighted by Gasteiger charge is 2.32. The fraction of sp³-hybridized carbons (Fsp3) is 0.519. The number of aromatic nitrogens is 1. The van der Waals surface area contributed by atoms with E-state index in [1.54, 1.807) is 6.07 Å². The quantitative estimate of drug-likeness (QED) is 0.275. The number of benzene rings is 1. The van der Waals surface area contributed by atoms with Crippen LogP contribution in [0.5, 0.6) is 0 Å². The van der Waals surface area contributed by atoms with Crippen molar-refractivity contribution < 1.29 is 24.0 Å². The lowest BCUT2D eigenvalue weighted by atomic mass is 9.97. The lowest BCUT2D eigenvalue weighted by molar-refractivity contribution is -0.132. The van der Waals surface area contributed by atoms with Gasteiger partial charge in [-0.25, -0.2) is 0 Å². The topological polar surface area (TPSA) is 149 Å². The molecule has 2 aromatic rings. The third-order valence-corrected chi connectivity index (χ3v) is 6.54. The average Bonchev–Trinajstić information content (AvgIpc) is 3.46. The second-order valence-electron chi connectivity index (χ2n) is 10.4. The minimum Gasteiger partial charge on any atom is -0.356 e. The third-order valence-electron chi connectivity index (χ3n) is 6.54.